The zero-order valence-electron chi connectivity index (χ0n) is 35.0. The van der Waals surface area contributed by atoms with Crippen LogP contribution in [0.2, 0.25) is 0 Å². The van der Waals surface area contributed by atoms with E-state index in [0.717, 1.165) is 73.7 Å². The lowest BCUT2D eigenvalue weighted by atomic mass is 9.83. The third-order valence-corrected chi connectivity index (χ3v) is 13.9. The van der Waals surface area contributed by atoms with Crippen molar-refractivity contribution >= 4 is 58.2 Å². The zero-order valence-corrected chi connectivity index (χ0v) is 35.0. The van der Waals surface area contributed by atoms with Crippen LogP contribution in [0.5, 0.6) is 0 Å². The van der Waals surface area contributed by atoms with Crippen LogP contribution in [-0.4, -0.2) is 144 Å². The van der Waals surface area contributed by atoms with Crippen LogP contribution in [0.4, 0.5) is 11.5 Å². The molecule has 4 N–H and O–H groups in total. The molecule has 2 bridgehead atoms. The topological polar surface area (TPSA) is 219 Å². The van der Waals surface area contributed by atoms with Crippen molar-refractivity contribution in [3.8, 4) is 0 Å². The van der Waals surface area contributed by atoms with Crippen molar-refractivity contribution in [2.24, 2.45) is 5.92 Å². The summed E-state index contributed by atoms with van der Waals surface area (Å²) in [6.45, 7) is 7.33. The molecule has 63 heavy (non-hydrogen) atoms. The second kappa shape index (κ2) is 16.4. The van der Waals surface area contributed by atoms with Crippen molar-refractivity contribution in [3.05, 3.63) is 77.4 Å². The molecular formula is C44H50N12O7. The number of nitrogens with one attached hydrogen (secondary N) is 3. The molecule has 4 aromatic rings. The minimum atomic E-state index is -1.23. The number of fused-ring (bicyclic) bond motifs is 5. The Morgan fingerprint density at radius 3 is 2.38 bits per heavy atom. The molecule has 3 atom stereocenters. The average Bonchev–Trinajstić information content (AvgIpc) is 3.81. The van der Waals surface area contributed by atoms with Crippen LogP contribution >= 0.6 is 0 Å². The molecule has 8 heterocycles. The molecule has 19 heteroatoms. The Balaban J connectivity index is 0.784. The zero-order chi connectivity index (χ0) is 43.5. The third kappa shape index (κ3) is 7.46. The van der Waals surface area contributed by atoms with Gasteiger partial charge in [-0.15, -0.1) is 0 Å². The van der Waals surface area contributed by atoms with Crippen molar-refractivity contribution in [2.75, 3.05) is 56.0 Å². The van der Waals surface area contributed by atoms with E-state index in [0.29, 0.717) is 37.5 Å². The maximum absolute atomic E-state index is 14.1. The number of anilines is 2. The van der Waals surface area contributed by atoms with E-state index in [1.807, 2.05) is 5.01 Å². The molecule has 1 aliphatic carbocycles. The van der Waals surface area contributed by atoms with Crippen LogP contribution in [0.25, 0.3) is 11.2 Å². The Labute approximate surface area is 362 Å². The first-order chi connectivity index (χ1) is 30.5. The number of piperidine rings is 2. The van der Waals surface area contributed by atoms with E-state index in [1.165, 1.54) is 13.0 Å². The van der Waals surface area contributed by atoms with E-state index in [1.54, 1.807) is 24.8 Å². The van der Waals surface area contributed by atoms with Gasteiger partial charge in [-0.3, -0.25) is 43.9 Å². The number of aliphatic carboxylic acids is 1. The first kappa shape index (κ1) is 40.7. The van der Waals surface area contributed by atoms with E-state index >= 15 is 0 Å². The number of carboxylic acid groups (broad SMARTS) is 1. The standard InChI is InChI=1S/C44H50N12O7/c1-25(57)49-28-19-30(20-28)54-24-48-37-39(46-23-47-40(37)54)45-21-26-5-7-29(8-6-26)52-17-15-51(16-18-52)22-34-27-11-13-53(14-12-27)56(34)38(44(62)63)31-3-2-4-32-36(31)43(61)55(42(32)60)33-9-10-35(58)50-41(33)59/h2-8,23-24,27-28,30,33-34,38H,9-22H2,1H3,(H,49,57)(H,62,63)(H,45,46,47)(H,50,58,59)/t28?,30?,33-,34+,38-/m0/s1. The minimum absolute atomic E-state index is 0.00603. The predicted octanol–water partition coefficient (Wildman–Crippen LogP) is 1.94. The lowest BCUT2D eigenvalue weighted by molar-refractivity contribution is -0.196. The van der Waals surface area contributed by atoms with Crippen molar-refractivity contribution in [1.29, 1.82) is 0 Å². The second-order valence-corrected chi connectivity index (χ2v) is 17.6. The van der Waals surface area contributed by atoms with Crippen molar-refractivity contribution in [3.63, 3.8) is 0 Å². The van der Waals surface area contributed by atoms with Gasteiger partial charge in [0.1, 0.15) is 23.9 Å². The summed E-state index contributed by atoms with van der Waals surface area (Å²) in [6, 6.07) is 11.1. The molecule has 5 saturated heterocycles. The van der Waals surface area contributed by atoms with Crippen LogP contribution in [0, 0.1) is 5.92 Å². The Bertz CT molecular complexity index is 2490. The highest BCUT2D eigenvalue weighted by atomic mass is 16.4. The highest BCUT2D eigenvalue weighted by molar-refractivity contribution is 6.24. The molecular weight excluding hydrogens is 809 g/mol. The van der Waals surface area contributed by atoms with Crippen LogP contribution in [0.1, 0.15) is 89.4 Å². The summed E-state index contributed by atoms with van der Waals surface area (Å²) in [4.78, 5) is 96.5. The largest absolute Gasteiger partial charge is 0.480 e. The molecule has 0 unspecified atom stereocenters. The number of aromatic nitrogens is 4. The fraction of sp³-hybridized carbons (Fsp3) is 0.477. The van der Waals surface area contributed by atoms with E-state index in [-0.39, 0.29) is 59.5 Å². The highest BCUT2D eigenvalue weighted by Crippen LogP contribution is 2.42. The normalized spacial score (nSPS) is 26.7. The predicted molar refractivity (Wildman–Crippen MR) is 227 cm³/mol. The van der Waals surface area contributed by atoms with Gasteiger partial charge >= 0.3 is 5.97 Å². The van der Waals surface area contributed by atoms with E-state index in [4.69, 9.17) is 0 Å². The summed E-state index contributed by atoms with van der Waals surface area (Å²) in [7, 11) is 0. The number of hydrogen-bond donors (Lipinski definition) is 4. The number of hydrogen-bond acceptors (Lipinski definition) is 14. The minimum Gasteiger partial charge on any atom is -0.480 e. The fourth-order valence-corrected chi connectivity index (χ4v) is 10.6. The smallest absolute Gasteiger partial charge is 0.326 e. The number of imidazole rings is 1. The molecule has 0 spiro atoms. The lowest BCUT2D eigenvalue weighted by Gasteiger charge is -2.56. The quantitative estimate of drug-likeness (QED) is 0.150. The van der Waals surface area contributed by atoms with Gasteiger partial charge in [0, 0.05) is 89.5 Å². The van der Waals surface area contributed by atoms with Crippen LogP contribution in [-0.2, 0) is 25.7 Å². The van der Waals surface area contributed by atoms with Gasteiger partial charge < -0.3 is 25.2 Å². The molecule has 11 rings (SSSR count). The molecule has 19 nitrogen and oxygen atoms in total. The monoisotopic (exact) mass is 858 g/mol. The van der Waals surface area contributed by atoms with Gasteiger partial charge in [-0.25, -0.2) is 25.0 Å². The highest BCUT2D eigenvalue weighted by Gasteiger charge is 2.51. The molecule has 6 fully saturated rings. The van der Waals surface area contributed by atoms with Crippen LogP contribution in [0.3, 0.4) is 0 Å². The number of carboxylic acids is 1. The van der Waals surface area contributed by atoms with E-state index in [2.05, 4.69) is 74.5 Å². The second-order valence-electron chi connectivity index (χ2n) is 17.6. The fourth-order valence-electron chi connectivity index (χ4n) is 10.6. The summed E-state index contributed by atoms with van der Waals surface area (Å²) in [5.74, 6) is -2.75. The van der Waals surface area contributed by atoms with Crippen LogP contribution < -0.4 is 20.9 Å². The molecule has 1 saturated carbocycles. The number of amides is 5. The summed E-state index contributed by atoms with van der Waals surface area (Å²) < 4.78 is 2.07. The van der Waals surface area contributed by atoms with Gasteiger partial charge in [0.05, 0.1) is 17.5 Å². The van der Waals surface area contributed by atoms with Crippen molar-refractivity contribution < 1.29 is 33.9 Å². The molecule has 7 aliphatic rings. The summed E-state index contributed by atoms with van der Waals surface area (Å²) in [5, 5.41) is 23.6. The number of carbonyl (C=O) groups excluding carboxylic acids is 5. The summed E-state index contributed by atoms with van der Waals surface area (Å²) in [6.07, 6.45) is 6.92. The number of rotatable bonds is 12. The van der Waals surface area contributed by atoms with Gasteiger partial charge in [0.15, 0.2) is 11.5 Å². The number of piperazine rings is 1. The maximum atomic E-state index is 14.1. The van der Waals surface area contributed by atoms with E-state index in [9.17, 15) is 33.9 Å². The molecule has 2 aromatic carbocycles. The Morgan fingerprint density at radius 2 is 1.67 bits per heavy atom. The average molecular weight is 859 g/mol. The molecule has 2 aromatic heterocycles. The number of carbonyl (C=O) groups is 6. The Hall–Kier alpha value is -6.31. The molecule has 0 radical (unpaired) electrons. The summed E-state index contributed by atoms with van der Waals surface area (Å²) in [5.41, 5.74) is 4.01. The molecule has 328 valence electrons. The number of imide groups is 2. The number of benzene rings is 2. The molecule has 5 amide bonds. The SMILES string of the molecule is CC(=O)NC1CC(n2cnc3c(NCc4ccc(N5CCN(C[C@@H]6C7CCN(CC7)N6[C@H](C(=O)O)c6cccc7c6C(=O)N([C@H]6CCC(=O)NC6=O)C7=O)CC5)cc4)ncnc32)C1. The van der Waals surface area contributed by atoms with Crippen molar-refractivity contribution in [2.45, 2.75) is 82.2 Å². The van der Waals surface area contributed by atoms with Gasteiger partial charge in [-0.2, -0.15) is 0 Å². The molecule has 6 aliphatic heterocycles. The number of nitrogens with zero attached hydrogens (tertiary/aromatic N) is 9. The first-order valence-electron chi connectivity index (χ1n) is 21.9. The van der Waals surface area contributed by atoms with Gasteiger partial charge in [0.2, 0.25) is 17.7 Å². The maximum Gasteiger partial charge on any atom is 0.326 e. The van der Waals surface area contributed by atoms with E-state index < -0.39 is 41.7 Å². The number of hydrazine groups is 1. The Kier molecular flexibility index (Phi) is 10.6. The van der Waals surface area contributed by atoms with Gasteiger partial charge in [0.25, 0.3) is 11.8 Å². The first-order valence-corrected chi connectivity index (χ1v) is 21.9. The van der Waals surface area contributed by atoms with Gasteiger partial charge in [-0.1, -0.05) is 24.3 Å². The van der Waals surface area contributed by atoms with Gasteiger partial charge in [-0.05, 0) is 67.3 Å². The Morgan fingerprint density at radius 1 is 0.905 bits per heavy atom. The van der Waals surface area contributed by atoms with Crippen molar-refractivity contribution in [1.82, 2.24) is 50.0 Å². The van der Waals surface area contributed by atoms with Crippen LogP contribution in [0.15, 0.2) is 55.1 Å². The summed E-state index contributed by atoms with van der Waals surface area (Å²) >= 11 is 0. The third-order valence-electron chi connectivity index (χ3n) is 13.9. The lowest BCUT2D eigenvalue weighted by Crippen LogP contribution is -2.66.